The molecule has 0 radical (unpaired) electrons. The smallest absolute Gasteiger partial charge is 0.133 e. The van der Waals surface area contributed by atoms with E-state index in [9.17, 15) is 0 Å². The van der Waals surface area contributed by atoms with Gasteiger partial charge in [0.25, 0.3) is 0 Å². The number of fused-ring (bicyclic) bond motifs is 1. The summed E-state index contributed by atoms with van der Waals surface area (Å²) in [6, 6.07) is 6.05. The number of methoxy groups -OCH3 is 1. The van der Waals surface area contributed by atoms with Crippen molar-refractivity contribution in [2.24, 2.45) is 0 Å². The number of hydrogen-bond acceptors (Lipinski definition) is 3. The summed E-state index contributed by atoms with van der Waals surface area (Å²) in [5.74, 6) is 1.08. The van der Waals surface area contributed by atoms with E-state index in [-0.39, 0.29) is 0 Å². The van der Waals surface area contributed by atoms with Crippen LogP contribution in [-0.4, -0.2) is 23.4 Å². The number of aromatic nitrogens is 2. The van der Waals surface area contributed by atoms with Crippen LogP contribution in [0.5, 0.6) is 0 Å². The van der Waals surface area contributed by atoms with Gasteiger partial charge in [-0.2, -0.15) is 5.10 Å². The number of hydrogen-bond donors (Lipinski definition) is 1. The van der Waals surface area contributed by atoms with Crippen molar-refractivity contribution in [1.29, 1.82) is 0 Å². The van der Waals surface area contributed by atoms with Gasteiger partial charge in [0, 0.05) is 24.2 Å². The zero-order chi connectivity index (χ0) is 14.8. The van der Waals surface area contributed by atoms with E-state index >= 15 is 0 Å². The number of rotatable bonds is 3. The van der Waals surface area contributed by atoms with Crippen molar-refractivity contribution >= 4 is 17.4 Å². The molecule has 0 saturated carbocycles. The minimum atomic E-state index is 0.538. The molecule has 0 saturated heterocycles. The first-order valence-electron chi connectivity index (χ1n) is 7.31. The van der Waals surface area contributed by atoms with Gasteiger partial charge < -0.3 is 10.1 Å². The molecule has 4 nitrogen and oxygen atoms in total. The van der Waals surface area contributed by atoms with Gasteiger partial charge in [0.1, 0.15) is 5.82 Å². The van der Waals surface area contributed by atoms with Crippen LogP contribution in [0.2, 0.25) is 5.02 Å². The van der Waals surface area contributed by atoms with Crippen LogP contribution in [0.1, 0.15) is 29.7 Å². The lowest BCUT2D eigenvalue weighted by Gasteiger charge is -2.10. The van der Waals surface area contributed by atoms with Gasteiger partial charge in [-0.05, 0) is 43.9 Å². The Kier molecular flexibility index (Phi) is 4.17. The third kappa shape index (κ3) is 2.78. The predicted molar refractivity (Wildman–Crippen MR) is 85.5 cm³/mol. The summed E-state index contributed by atoms with van der Waals surface area (Å²) < 4.78 is 7.26. The number of anilines is 1. The van der Waals surface area contributed by atoms with E-state index in [1.54, 1.807) is 7.11 Å². The van der Waals surface area contributed by atoms with Crippen molar-refractivity contribution in [2.75, 3.05) is 19.0 Å². The van der Waals surface area contributed by atoms with Gasteiger partial charge in [0.05, 0.1) is 18.0 Å². The Morgan fingerprint density at radius 1 is 1.38 bits per heavy atom. The van der Waals surface area contributed by atoms with Crippen molar-refractivity contribution in [1.82, 2.24) is 9.78 Å². The maximum absolute atomic E-state index is 6.26. The fourth-order valence-electron chi connectivity index (χ4n) is 2.73. The minimum absolute atomic E-state index is 0.538. The molecule has 0 aliphatic carbocycles. The normalized spacial score (nSPS) is 14.4. The molecule has 1 N–H and O–H groups in total. The van der Waals surface area contributed by atoms with Crippen LogP contribution >= 0.6 is 11.6 Å². The zero-order valence-corrected chi connectivity index (χ0v) is 13.2. The molecule has 2 aromatic rings. The molecule has 0 bridgehead atoms. The molecule has 0 atom stereocenters. The molecule has 0 unspecified atom stereocenters. The molecule has 2 heterocycles. The minimum Gasteiger partial charge on any atom is -0.378 e. The summed E-state index contributed by atoms with van der Waals surface area (Å²) >= 11 is 6.26. The van der Waals surface area contributed by atoms with E-state index in [0.29, 0.717) is 6.61 Å². The molecule has 0 fully saturated rings. The second-order valence-electron chi connectivity index (χ2n) is 5.44. The topological polar surface area (TPSA) is 39.1 Å². The summed E-state index contributed by atoms with van der Waals surface area (Å²) in [4.78, 5) is 0. The molecule has 1 aliphatic rings. The van der Waals surface area contributed by atoms with Gasteiger partial charge in [0.15, 0.2) is 0 Å². The van der Waals surface area contributed by atoms with E-state index in [1.165, 1.54) is 18.4 Å². The highest BCUT2D eigenvalue weighted by atomic mass is 35.5. The maximum Gasteiger partial charge on any atom is 0.133 e. The number of halogens is 1. The Morgan fingerprint density at radius 2 is 2.24 bits per heavy atom. The average Bonchev–Trinajstić information content (AvgIpc) is 2.66. The van der Waals surface area contributed by atoms with Crippen molar-refractivity contribution < 1.29 is 4.74 Å². The standard InChI is InChI=1S/C16H20ClN3O/c1-11-6-7-12(9-14(11)17)20-16-13(5-3-4-8-18-16)15(19-20)10-21-2/h6-7,9,18H,3-5,8,10H2,1-2H3. The molecule has 1 aromatic carbocycles. The summed E-state index contributed by atoms with van der Waals surface area (Å²) in [5.41, 5.74) is 4.34. The Bertz CT molecular complexity index is 651. The first-order chi connectivity index (χ1) is 10.2. The molecule has 21 heavy (non-hydrogen) atoms. The molecule has 0 spiro atoms. The molecule has 0 amide bonds. The predicted octanol–water partition coefficient (Wildman–Crippen LogP) is 3.73. The van der Waals surface area contributed by atoms with Crippen LogP contribution in [0.3, 0.4) is 0 Å². The summed E-state index contributed by atoms with van der Waals surface area (Å²) in [5, 5.41) is 9.00. The van der Waals surface area contributed by atoms with Gasteiger partial charge >= 0.3 is 0 Å². The molecule has 1 aliphatic heterocycles. The van der Waals surface area contributed by atoms with E-state index in [4.69, 9.17) is 21.4 Å². The average molecular weight is 306 g/mol. The number of aryl methyl sites for hydroxylation is 1. The van der Waals surface area contributed by atoms with Crippen molar-refractivity contribution in [2.45, 2.75) is 32.8 Å². The quantitative estimate of drug-likeness (QED) is 0.939. The number of nitrogens with zero attached hydrogens (tertiary/aromatic N) is 2. The molecular weight excluding hydrogens is 286 g/mol. The zero-order valence-electron chi connectivity index (χ0n) is 12.4. The summed E-state index contributed by atoms with van der Waals surface area (Å²) in [7, 11) is 1.71. The van der Waals surface area contributed by atoms with Crippen LogP contribution in [0.25, 0.3) is 5.69 Å². The number of ether oxygens (including phenoxy) is 1. The van der Waals surface area contributed by atoms with Gasteiger partial charge in [-0.1, -0.05) is 17.7 Å². The highest BCUT2D eigenvalue weighted by Gasteiger charge is 2.20. The van der Waals surface area contributed by atoms with Gasteiger partial charge in [-0.15, -0.1) is 0 Å². The summed E-state index contributed by atoms with van der Waals surface area (Å²) in [6.07, 6.45) is 3.40. The number of benzene rings is 1. The monoisotopic (exact) mass is 305 g/mol. The van der Waals surface area contributed by atoms with E-state index in [0.717, 1.165) is 40.8 Å². The maximum atomic E-state index is 6.26. The lowest BCUT2D eigenvalue weighted by Crippen LogP contribution is -2.07. The lowest BCUT2D eigenvalue weighted by atomic mass is 10.1. The Hall–Kier alpha value is -1.52. The third-order valence-corrected chi connectivity index (χ3v) is 4.30. The van der Waals surface area contributed by atoms with Crippen LogP contribution in [0.4, 0.5) is 5.82 Å². The molecule has 112 valence electrons. The van der Waals surface area contributed by atoms with Gasteiger partial charge in [0.2, 0.25) is 0 Å². The highest BCUT2D eigenvalue weighted by molar-refractivity contribution is 6.31. The Balaban J connectivity index is 2.10. The first-order valence-corrected chi connectivity index (χ1v) is 7.68. The lowest BCUT2D eigenvalue weighted by molar-refractivity contribution is 0.180. The summed E-state index contributed by atoms with van der Waals surface area (Å²) in [6.45, 7) is 3.52. The third-order valence-electron chi connectivity index (χ3n) is 3.89. The molecule has 5 heteroatoms. The fraction of sp³-hybridized carbons (Fsp3) is 0.438. The fourth-order valence-corrected chi connectivity index (χ4v) is 2.90. The van der Waals surface area contributed by atoms with E-state index < -0.39 is 0 Å². The van der Waals surface area contributed by atoms with E-state index in [1.807, 2.05) is 23.7 Å². The first kappa shape index (κ1) is 14.4. The van der Waals surface area contributed by atoms with Gasteiger partial charge in [-0.3, -0.25) is 0 Å². The van der Waals surface area contributed by atoms with Crippen LogP contribution in [-0.2, 0) is 17.8 Å². The van der Waals surface area contributed by atoms with E-state index in [2.05, 4.69) is 11.4 Å². The van der Waals surface area contributed by atoms with Crippen molar-refractivity contribution in [3.8, 4) is 5.69 Å². The Morgan fingerprint density at radius 3 is 3.00 bits per heavy atom. The second kappa shape index (κ2) is 6.08. The number of nitrogens with one attached hydrogen (secondary N) is 1. The van der Waals surface area contributed by atoms with Gasteiger partial charge in [-0.25, -0.2) is 4.68 Å². The largest absolute Gasteiger partial charge is 0.378 e. The van der Waals surface area contributed by atoms with Crippen molar-refractivity contribution in [3.05, 3.63) is 40.0 Å². The Labute approximate surface area is 130 Å². The van der Waals surface area contributed by atoms with Crippen LogP contribution < -0.4 is 5.32 Å². The molecule has 1 aromatic heterocycles. The SMILES string of the molecule is COCc1nn(-c2ccc(C)c(Cl)c2)c2c1CCCCN2. The second-order valence-corrected chi connectivity index (χ2v) is 5.84. The van der Waals surface area contributed by atoms with Crippen LogP contribution in [0, 0.1) is 6.92 Å². The van der Waals surface area contributed by atoms with Crippen LogP contribution in [0.15, 0.2) is 18.2 Å². The highest BCUT2D eigenvalue weighted by Crippen LogP contribution is 2.29. The molecular formula is C16H20ClN3O. The molecule has 3 rings (SSSR count). The van der Waals surface area contributed by atoms with Crippen molar-refractivity contribution in [3.63, 3.8) is 0 Å².